The van der Waals surface area contributed by atoms with E-state index in [0.29, 0.717) is 0 Å². The van der Waals surface area contributed by atoms with Crippen LogP contribution in [0.5, 0.6) is 0 Å². The first kappa shape index (κ1) is 16.8. The lowest BCUT2D eigenvalue weighted by atomic mass is 10.5. The number of hydrogen-bond donors (Lipinski definition) is 0. The fraction of sp³-hybridized carbons (Fsp3) is 1.00. The van der Waals surface area contributed by atoms with Crippen LogP contribution in [-0.2, 0) is 0 Å². The topological polar surface area (TPSA) is 0 Å². The first-order valence-corrected chi connectivity index (χ1v) is 11.9. The van der Waals surface area contributed by atoms with Gasteiger partial charge in [0.15, 0.2) is 0 Å². The van der Waals surface area contributed by atoms with Gasteiger partial charge in [0, 0.05) is 50.8 Å². The van der Waals surface area contributed by atoms with Crippen LogP contribution in [0.3, 0.4) is 0 Å². The van der Waals surface area contributed by atoms with Crippen molar-refractivity contribution in [2.75, 3.05) is 46.0 Å². The van der Waals surface area contributed by atoms with Crippen LogP contribution in [0.2, 0.25) is 0 Å². The van der Waals surface area contributed by atoms with Crippen molar-refractivity contribution in [2.24, 2.45) is 0 Å². The van der Waals surface area contributed by atoms with Crippen LogP contribution in [0.1, 0.15) is 13.8 Å². The summed E-state index contributed by atoms with van der Waals surface area (Å²) in [6.45, 7) is 4.63. The molecule has 0 aromatic carbocycles. The maximum Gasteiger partial charge on any atom is 0.0229 e. The van der Waals surface area contributed by atoms with Gasteiger partial charge in [-0.1, -0.05) is 13.8 Å². The van der Waals surface area contributed by atoms with Crippen LogP contribution in [0, 0.1) is 0 Å². The highest BCUT2D eigenvalue weighted by Gasteiger charge is 2.19. The SMILES string of the molecule is CCSCCSCCSC(C)CSC1CSC1. The van der Waals surface area contributed by atoms with Gasteiger partial charge in [-0.25, -0.2) is 0 Å². The Balaban J connectivity index is 1.77. The normalized spacial score (nSPS) is 18.0. The predicted molar refractivity (Wildman–Crippen MR) is 95.8 cm³/mol. The highest BCUT2D eigenvalue weighted by Crippen LogP contribution is 2.31. The van der Waals surface area contributed by atoms with Crippen LogP contribution in [-0.4, -0.2) is 56.5 Å². The molecule has 17 heavy (non-hydrogen) atoms. The summed E-state index contributed by atoms with van der Waals surface area (Å²) in [4.78, 5) is 0. The van der Waals surface area contributed by atoms with Gasteiger partial charge < -0.3 is 0 Å². The van der Waals surface area contributed by atoms with E-state index in [1.807, 2.05) is 0 Å². The minimum absolute atomic E-state index is 0.844. The third-order valence-corrected chi connectivity index (χ3v) is 9.37. The molecule has 0 aromatic heterocycles. The van der Waals surface area contributed by atoms with E-state index >= 15 is 0 Å². The molecular weight excluding hydrogens is 304 g/mol. The molecule has 0 aliphatic carbocycles. The second-order valence-electron chi connectivity index (χ2n) is 3.98. The minimum atomic E-state index is 0.844. The molecule has 1 aliphatic rings. The van der Waals surface area contributed by atoms with Crippen molar-refractivity contribution in [1.29, 1.82) is 0 Å². The molecule has 0 aromatic rings. The van der Waals surface area contributed by atoms with Crippen molar-refractivity contribution in [1.82, 2.24) is 0 Å². The summed E-state index contributed by atoms with van der Waals surface area (Å²) < 4.78 is 0. The average molecular weight is 329 g/mol. The van der Waals surface area contributed by atoms with Gasteiger partial charge in [0.25, 0.3) is 0 Å². The third-order valence-electron chi connectivity index (χ3n) is 2.38. The molecule has 0 radical (unpaired) electrons. The first-order chi connectivity index (χ1) is 8.33. The largest absolute Gasteiger partial charge is 0.161 e. The molecule has 102 valence electrons. The molecule has 1 aliphatic heterocycles. The van der Waals surface area contributed by atoms with Gasteiger partial charge in [-0.15, -0.1) is 0 Å². The van der Waals surface area contributed by atoms with E-state index in [1.54, 1.807) is 0 Å². The Morgan fingerprint density at radius 1 is 1.12 bits per heavy atom. The van der Waals surface area contributed by atoms with Crippen molar-refractivity contribution < 1.29 is 0 Å². The zero-order valence-corrected chi connectivity index (χ0v) is 14.9. The summed E-state index contributed by atoms with van der Waals surface area (Å²) in [7, 11) is 0. The molecule has 1 rings (SSSR count). The Morgan fingerprint density at radius 3 is 2.47 bits per heavy atom. The molecular formula is C12H24S5. The van der Waals surface area contributed by atoms with Gasteiger partial charge in [-0.05, 0) is 5.75 Å². The van der Waals surface area contributed by atoms with Gasteiger partial charge in [0.2, 0.25) is 0 Å². The Kier molecular flexibility index (Phi) is 11.4. The van der Waals surface area contributed by atoms with E-state index in [-0.39, 0.29) is 0 Å². The molecule has 0 nitrogen and oxygen atoms in total. The Bertz CT molecular complexity index is 172. The van der Waals surface area contributed by atoms with Crippen LogP contribution in [0.4, 0.5) is 0 Å². The third kappa shape index (κ3) is 9.31. The van der Waals surface area contributed by atoms with Gasteiger partial charge in [0.05, 0.1) is 0 Å². The monoisotopic (exact) mass is 328 g/mol. The van der Waals surface area contributed by atoms with E-state index in [9.17, 15) is 0 Å². The maximum atomic E-state index is 2.39. The van der Waals surface area contributed by atoms with Crippen molar-refractivity contribution in [3.8, 4) is 0 Å². The van der Waals surface area contributed by atoms with Crippen molar-refractivity contribution in [2.45, 2.75) is 24.3 Å². The molecule has 0 saturated carbocycles. The summed E-state index contributed by atoms with van der Waals surface area (Å²) in [5.74, 6) is 10.7. The van der Waals surface area contributed by atoms with E-state index in [4.69, 9.17) is 0 Å². The van der Waals surface area contributed by atoms with Crippen LogP contribution in [0.25, 0.3) is 0 Å². The smallest absolute Gasteiger partial charge is 0.0229 e. The van der Waals surface area contributed by atoms with Crippen LogP contribution in [0.15, 0.2) is 0 Å². The van der Waals surface area contributed by atoms with E-state index in [2.05, 4.69) is 72.7 Å². The average Bonchev–Trinajstić information content (AvgIpc) is 2.26. The Labute approximate surface area is 128 Å². The minimum Gasteiger partial charge on any atom is -0.161 e. The molecule has 0 spiro atoms. The summed E-state index contributed by atoms with van der Waals surface area (Å²) in [6, 6.07) is 0. The lowest BCUT2D eigenvalue weighted by Crippen LogP contribution is -2.22. The summed E-state index contributed by atoms with van der Waals surface area (Å²) in [5.41, 5.74) is 0. The Hall–Kier alpha value is 1.75. The molecule has 1 atom stereocenters. The van der Waals surface area contributed by atoms with Gasteiger partial charge in [-0.2, -0.15) is 58.8 Å². The van der Waals surface area contributed by atoms with Crippen molar-refractivity contribution in [3.63, 3.8) is 0 Å². The lowest BCUT2D eigenvalue weighted by molar-refractivity contribution is 1.06. The number of thioether (sulfide) groups is 5. The van der Waals surface area contributed by atoms with Gasteiger partial charge in [-0.3, -0.25) is 0 Å². The fourth-order valence-corrected chi connectivity index (χ4v) is 6.94. The summed E-state index contributed by atoms with van der Waals surface area (Å²) >= 11 is 10.6. The standard InChI is InChI=1S/C12H24S5/c1-3-13-4-5-14-6-7-16-11(2)8-17-12-9-15-10-12/h11-12H,3-10H2,1-2H3. The molecule has 0 amide bonds. The second kappa shape index (κ2) is 11.6. The zero-order chi connectivity index (χ0) is 12.3. The predicted octanol–water partition coefficient (Wildman–Crippen LogP) is 4.44. The maximum absolute atomic E-state index is 2.39. The van der Waals surface area contributed by atoms with E-state index in [1.165, 1.54) is 46.0 Å². The van der Waals surface area contributed by atoms with E-state index in [0.717, 1.165) is 10.5 Å². The molecule has 1 fully saturated rings. The van der Waals surface area contributed by atoms with Gasteiger partial charge >= 0.3 is 0 Å². The molecule has 1 unspecified atom stereocenters. The summed E-state index contributed by atoms with van der Waals surface area (Å²) in [6.07, 6.45) is 0. The van der Waals surface area contributed by atoms with Crippen LogP contribution >= 0.6 is 58.8 Å². The highest BCUT2D eigenvalue weighted by molar-refractivity contribution is 8.08. The fourth-order valence-electron chi connectivity index (χ4n) is 1.30. The van der Waals surface area contributed by atoms with Gasteiger partial charge in [0.1, 0.15) is 0 Å². The second-order valence-corrected chi connectivity index (χ2v) is 10.6. The van der Waals surface area contributed by atoms with Crippen LogP contribution < -0.4 is 0 Å². The quantitative estimate of drug-likeness (QED) is 0.513. The molecule has 1 saturated heterocycles. The molecule has 0 N–H and O–H groups in total. The lowest BCUT2D eigenvalue weighted by Gasteiger charge is -2.25. The molecule has 5 heteroatoms. The Morgan fingerprint density at radius 2 is 1.82 bits per heavy atom. The van der Waals surface area contributed by atoms with Crippen molar-refractivity contribution in [3.05, 3.63) is 0 Å². The molecule has 0 bridgehead atoms. The number of hydrogen-bond acceptors (Lipinski definition) is 5. The summed E-state index contributed by atoms with van der Waals surface area (Å²) in [5, 5.41) is 1.82. The van der Waals surface area contributed by atoms with E-state index < -0.39 is 0 Å². The highest BCUT2D eigenvalue weighted by atomic mass is 32.2. The zero-order valence-electron chi connectivity index (χ0n) is 10.9. The number of rotatable bonds is 11. The van der Waals surface area contributed by atoms with Crippen molar-refractivity contribution >= 4 is 58.8 Å². The first-order valence-electron chi connectivity index (χ1n) is 6.29. The molecule has 1 heterocycles.